The highest BCUT2D eigenvalue weighted by atomic mass is 32.2. The predicted octanol–water partition coefficient (Wildman–Crippen LogP) is 4.85. The van der Waals surface area contributed by atoms with Crippen LogP contribution >= 0.6 is 11.8 Å². The lowest BCUT2D eigenvalue weighted by molar-refractivity contribution is -0.763. The van der Waals surface area contributed by atoms with Gasteiger partial charge in [-0.25, -0.2) is 4.90 Å². The van der Waals surface area contributed by atoms with Gasteiger partial charge in [0.2, 0.25) is 11.1 Å². The number of H-pyrrole nitrogens is 1. The van der Waals surface area contributed by atoms with Crippen molar-refractivity contribution in [2.45, 2.75) is 69.8 Å². The number of hydrogen-bond donors (Lipinski definition) is 1. The van der Waals surface area contributed by atoms with E-state index in [2.05, 4.69) is 4.98 Å². The van der Waals surface area contributed by atoms with E-state index in [0.29, 0.717) is 22.8 Å². The number of aromatic amines is 1. The van der Waals surface area contributed by atoms with Crippen LogP contribution in [0.5, 0.6) is 5.75 Å². The zero-order valence-corrected chi connectivity index (χ0v) is 21.0. The van der Waals surface area contributed by atoms with E-state index < -0.39 is 6.17 Å². The van der Waals surface area contributed by atoms with Gasteiger partial charge in [-0.2, -0.15) is 0 Å². The zero-order valence-electron chi connectivity index (χ0n) is 20.2. The number of fused-ring (bicyclic) bond motifs is 3. The lowest BCUT2D eigenvalue weighted by atomic mass is 10.00. The fourth-order valence-corrected chi connectivity index (χ4v) is 5.63. The normalized spacial score (nSPS) is 17.2. The molecule has 1 aliphatic carbocycles. The van der Waals surface area contributed by atoms with Crippen molar-refractivity contribution in [3.63, 3.8) is 0 Å². The Hall–Kier alpha value is -3.13. The van der Waals surface area contributed by atoms with E-state index >= 15 is 0 Å². The minimum atomic E-state index is -0.630. The molecule has 5 rings (SSSR count). The molecule has 1 aromatic heterocycles. The number of benzene rings is 2. The molecule has 182 valence electrons. The largest absolute Gasteiger partial charge is 0.490 e. The standard InChI is InChI=1S/C27H30N4O3S/c1-3-11-23(32)30-21-16-9-7-14-19(21)24-25(33)28-27(35-4-2)29-31(24)26(30)20-15-8-10-17-22(20)34-18-12-5-6-13-18/h7-10,14-18,26H,3-6,11-13H2,1-2H3/p+1. The van der Waals surface area contributed by atoms with E-state index in [1.807, 2.05) is 62.4 Å². The van der Waals surface area contributed by atoms with Crippen molar-refractivity contribution in [2.24, 2.45) is 0 Å². The van der Waals surface area contributed by atoms with Gasteiger partial charge in [0.1, 0.15) is 5.75 Å². The highest BCUT2D eigenvalue weighted by molar-refractivity contribution is 7.99. The molecule has 1 unspecified atom stereocenters. The van der Waals surface area contributed by atoms with E-state index in [1.165, 1.54) is 11.8 Å². The molecule has 35 heavy (non-hydrogen) atoms. The smallest absolute Gasteiger partial charge is 0.325 e. The molecule has 1 amide bonds. The zero-order chi connectivity index (χ0) is 24.4. The second-order valence-electron chi connectivity index (χ2n) is 8.95. The number of carbonyl (C=O) groups excluding carboxylic acids is 1. The Morgan fingerprint density at radius 1 is 1.14 bits per heavy atom. The average Bonchev–Trinajstić information content (AvgIpc) is 3.37. The van der Waals surface area contributed by atoms with Crippen LogP contribution in [-0.2, 0) is 4.79 Å². The van der Waals surface area contributed by atoms with Crippen LogP contribution in [0.1, 0.15) is 64.1 Å². The number of nitrogens with zero attached hydrogens (tertiary/aromatic N) is 3. The van der Waals surface area contributed by atoms with Crippen molar-refractivity contribution in [1.82, 2.24) is 10.1 Å². The SMILES string of the molecule is CCCC(=O)N1c2ccccc2-c2c(=O)[nH]c(SCC)n[n+]2C1c1ccccc1OC1CCCC1. The summed E-state index contributed by atoms with van der Waals surface area (Å²) in [7, 11) is 0. The highest BCUT2D eigenvalue weighted by Crippen LogP contribution is 2.40. The van der Waals surface area contributed by atoms with Crippen molar-refractivity contribution in [2.75, 3.05) is 10.7 Å². The third-order valence-corrected chi connectivity index (χ3v) is 7.31. The molecule has 2 aromatic carbocycles. The maximum absolute atomic E-state index is 13.7. The van der Waals surface area contributed by atoms with Gasteiger partial charge in [-0.1, -0.05) is 49.9 Å². The van der Waals surface area contributed by atoms with Crippen molar-refractivity contribution < 1.29 is 14.2 Å². The van der Waals surface area contributed by atoms with Gasteiger partial charge in [0.15, 0.2) is 0 Å². The number of carbonyl (C=O) groups is 1. The topological polar surface area (TPSA) is 79.2 Å². The van der Waals surface area contributed by atoms with Gasteiger partial charge in [0.05, 0.1) is 22.9 Å². The fraction of sp³-hybridized carbons (Fsp3) is 0.407. The summed E-state index contributed by atoms with van der Waals surface area (Å²) in [4.78, 5) is 31.8. The molecule has 0 radical (unpaired) electrons. The third-order valence-electron chi connectivity index (χ3n) is 6.56. The molecular formula is C27H31N4O3S+. The second-order valence-corrected chi connectivity index (χ2v) is 10.2. The lowest BCUT2D eigenvalue weighted by Gasteiger charge is -2.33. The molecule has 0 spiro atoms. The number of para-hydroxylation sites is 2. The van der Waals surface area contributed by atoms with E-state index in [9.17, 15) is 9.59 Å². The quantitative estimate of drug-likeness (QED) is 0.378. The Labute approximate surface area is 209 Å². The molecule has 0 saturated heterocycles. The molecule has 2 heterocycles. The van der Waals surface area contributed by atoms with Crippen LogP contribution in [0.25, 0.3) is 11.3 Å². The van der Waals surface area contributed by atoms with Crippen molar-refractivity contribution in [1.29, 1.82) is 0 Å². The van der Waals surface area contributed by atoms with Crippen LogP contribution < -0.4 is 19.9 Å². The predicted molar refractivity (Wildman–Crippen MR) is 137 cm³/mol. The minimum absolute atomic E-state index is 0.00875. The summed E-state index contributed by atoms with van der Waals surface area (Å²) < 4.78 is 8.21. The first-order valence-electron chi connectivity index (χ1n) is 12.5. The average molecular weight is 492 g/mol. The summed E-state index contributed by atoms with van der Waals surface area (Å²) in [5.74, 6) is 1.50. The molecule has 0 bridgehead atoms. The van der Waals surface area contributed by atoms with Gasteiger partial charge in [-0.05, 0) is 66.8 Å². The minimum Gasteiger partial charge on any atom is -0.490 e. The number of amides is 1. The van der Waals surface area contributed by atoms with Crippen molar-refractivity contribution in [3.05, 3.63) is 64.4 Å². The van der Waals surface area contributed by atoms with E-state index in [-0.39, 0.29) is 17.6 Å². The first-order valence-corrected chi connectivity index (χ1v) is 13.5. The van der Waals surface area contributed by atoms with Crippen LogP contribution in [0.2, 0.25) is 0 Å². The number of rotatable bonds is 7. The van der Waals surface area contributed by atoms with Crippen LogP contribution in [-0.4, -0.2) is 27.8 Å². The molecule has 1 atom stereocenters. The van der Waals surface area contributed by atoms with E-state index in [0.717, 1.165) is 54.9 Å². The number of nitrogens with one attached hydrogen (secondary N) is 1. The summed E-state index contributed by atoms with van der Waals surface area (Å²) in [6.45, 7) is 4.02. The molecule has 1 aliphatic heterocycles. The molecule has 8 heteroatoms. The summed E-state index contributed by atoms with van der Waals surface area (Å²) in [6.07, 6.45) is 5.03. The number of anilines is 1. The molecule has 2 aliphatic rings. The fourth-order valence-electron chi connectivity index (χ4n) is 5.05. The van der Waals surface area contributed by atoms with Crippen LogP contribution in [0.3, 0.4) is 0 Å². The Morgan fingerprint density at radius 3 is 2.66 bits per heavy atom. The van der Waals surface area contributed by atoms with Crippen molar-refractivity contribution >= 4 is 23.4 Å². The second kappa shape index (κ2) is 10.2. The van der Waals surface area contributed by atoms with Gasteiger partial charge in [0, 0.05) is 11.5 Å². The van der Waals surface area contributed by atoms with Gasteiger partial charge < -0.3 is 4.74 Å². The van der Waals surface area contributed by atoms with Gasteiger partial charge in [0.25, 0.3) is 6.17 Å². The van der Waals surface area contributed by atoms with E-state index in [1.54, 1.807) is 9.58 Å². The highest BCUT2D eigenvalue weighted by Gasteiger charge is 2.46. The Morgan fingerprint density at radius 2 is 1.89 bits per heavy atom. The van der Waals surface area contributed by atoms with Crippen LogP contribution in [0, 0.1) is 0 Å². The first kappa shape index (κ1) is 23.6. The Bertz CT molecular complexity index is 1290. The lowest BCUT2D eigenvalue weighted by Crippen LogP contribution is -2.61. The Kier molecular flexibility index (Phi) is 6.90. The number of aromatic nitrogens is 3. The van der Waals surface area contributed by atoms with Gasteiger partial charge in [-0.3, -0.25) is 14.6 Å². The van der Waals surface area contributed by atoms with Crippen LogP contribution in [0.15, 0.2) is 58.5 Å². The molecule has 1 N–H and O–H groups in total. The summed E-state index contributed by atoms with van der Waals surface area (Å²) >= 11 is 1.47. The number of thioether (sulfide) groups is 1. The molecule has 1 fully saturated rings. The van der Waals surface area contributed by atoms with Crippen molar-refractivity contribution in [3.8, 4) is 17.0 Å². The summed E-state index contributed by atoms with van der Waals surface area (Å²) in [5.41, 5.74) is 2.47. The van der Waals surface area contributed by atoms with Gasteiger partial charge in [-0.15, -0.1) is 0 Å². The number of hydrogen-bond acceptors (Lipinski definition) is 5. The maximum atomic E-state index is 13.7. The molecular weight excluding hydrogens is 460 g/mol. The van der Waals surface area contributed by atoms with E-state index in [4.69, 9.17) is 9.84 Å². The molecule has 7 nitrogen and oxygen atoms in total. The summed E-state index contributed by atoms with van der Waals surface area (Å²) in [5, 5.41) is 5.39. The molecule has 3 aromatic rings. The Balaban J connectivity index is 1.75. The summed E-state index contributed by atoms with van der Waals surface area (Å²) in [6, 6.07) is 15.4. The van der Waals surface area contributed by atoms with Crippen LogP contribution in [0.4, 0.5) is 5.69 Å². The maximum Gasteiger partial charge on any atom is 0.325 e. The van der Waals surface area contributed by atoms with Gasteiger partial charge >= 0.3 is 11.3 Å². The number of ether oxygens (including phenoxy) is 1. The monoisotopic (exact) mass is 491 g/mol. The molecule has 1 saturated carbocycles. The first-order chi connectivity index (χ1) is 17.1. The third kappa shape index (κ3) is 4.47.